The van der Waals surface area contributed by atoms with Gasteiger partial charge in [0.1, 0.15) is 11.6 Å². The van der Waals surface area contributed by atoms with Crippen molar-refractivity contribution >= 4 is 11.6 Å². The molecule has 4 rings (SSSR count). The number of rotatable bonds is 14. The highest BCUT2D eigenvalue weighted by Crippen LogP contribution is 2.55. The minimum atomic E-state index is -0.157. The van der Waals surface area contributed by atoms with Crippen molar-refractivity contribution in [3.8, 4) is 0 Å². The molecule has 32 heavy (non-hydrogen) atoms. The van der Waals surface area contributed by atoms with Crippen molar-refractivity contribution in [2.75, 3.05) is 13.2 Å². The van der Waals surface area contributed by atoms with E-state index in [1.165, 1.54) is 0 Å². The normalized spacial score (nSPS) is 41.1. The predicted octanol–water partition coefficient (Wildman–Crippen LogP) is 3.54. The standard InChI is InChI=1S/C25H40O7/c1-16(26)8-12-28-18-14-22-25(32-22,15-19(18)29-13-9-17(2)27)11-7-21-24(5,31-21)10-6-20-23(3,4)30-20/h18-22H,6-15H2,1-5H3. The van der Waals surface area contributed by atoms with Gasteiger partial charge in [0.25, 0.3) is 0 Å². The van der Waals surface area contributed by atoms with Crippen LogP contribution < -0.4 is 0 Å². The summed E-state index contributed by atoms with van der Waals surface area (Å²) in [4.78, 5) is 22.6. The second kappa shape index (κ2) is 9.06. The highest BCUT2D eigenvalue weighted by molar-refractivity contribution is 5.75. The molecular weight excluding hydrogens is 412 g/mol. The van der Waals surface area contributed by atoms with Crippen LogP contribution in [0, 0.1) is 0 Å². The number of fused-ring (bicyclic) bond motifs is 1. The van der Waals surface area contributed by atoms with Crippen molar-refractivity contribution in [3.05, 3.63) is 0 Å². The molecule has 0 N–H and O–H groups in total. The van der Waals surface area contributed by atoms with E-state index < -0.39 is 0 Å². The first kappa shape index (κ1) is 24.3. The largest absolute Gasteiger partial charge is 0.375 e. The molecule has 0 aromatic rings. The van der Waals surface area contributed by atoms with Crippen LogP contribution in [-0.4, -0.2) is 72.1 Å². The molecule has 1 aliphatic carbocycles. The van der Waals surface area contributed by atoms with Gasteiger partial charge < -0.3 is 23.7 Å². The van der Waals surface area contributed by atoms with Crippen LogP contribution in [0.4, 0.5) is 0 Å². The molecule has 3 heterocycles. The lowest BCUT2D eigenvalue weighted by molar-refractivity contribution is -0.125. The van der Waals surface area contributed by atoms with Gasteiger partial charge in [0.2, 0.25) is 0 Å². The van der Waals surface area contributed by atoms with Gasteiger partial charge in [0.05, 0.1) is 60.5 Å². The molecule has 3 aliphatic heterocycles. The molecule has 1 saturated carbocycles. The summed E-state index contributed by atoms with van der Waals surface area (Å²) >= 11 is 0. The first-order valence-electron chi connectivity index (χ1n) is 12.3. The summed E-state index contributed by atoms with van der Waals surface area (Å²) < 4.78 is 30.1. The highest BCUT2D eigenvalue weighted by Gasteiger charge is 2.63. The van der Waals surface area contributed by atoms with E-state index in [9.17, 15) is 9.59 Å². The average Bonchev–Trinajstić information content (AvgIpc) is 3.62. The second-order valence-electron chi connectivity index (χ2n) is 11.0. The van der Waals surface area contributed by atoms with Crippen LogP contribution in [0.2, 0.25) is 0 Å². The Morgan fingerprint density at radius 2 is 1.44 bits per heavy atom. The Kier molecular flexibility index (Phi) is 6.87. The van der Waals surface area contributed by atoms with E-state index in [1.54, 1.807) is 13.8 Å². The van der Waals surface area contributed by atoms with Gasteiger partial charge in [-0.3, -0.25) is 9.59 Å². The molecule has 7 nitrogen and oxygen atoms in total. The Balaban J connectivity index is 1.24. The van der Waals surface area contributed by atoms with Crippen LogP contribution in [0.3, 0.4) is 0 Å². The van der Waals surface area contributed by atoms with E-state index in [0.29, 0.717) is 32.2 Å². The van der Waals surface area contributed by atoms with Crippen LogP contribution in [-0.2, 0) is 33.3 Å². The molecule has 182 valence electrons. The summed E-state index contributed by atoms with van der Waals surface area (Å²) in [6.45, 7) is 10.5. The fourth-order valence-corrected chi connectivity index (χ4v) is 5.31. The van der Waals surface area contributed by atoms with Gasteiger partial charge in [-0.1, -0.05) is 0 Å². The Morgan fingerprint density at radius 1 is 0.844 bits per heavy atom. The fourth-order valence-electron chi connectivity index (χ4n) is 5.31. The van der Waals surface area contributed by atoms with Crippen molar-refractivity contribution in [1.29, 1.82) is 0 Å². The molecular formula is C25H40O7. The number of ether oxygens (including phenoxy) is 5. The third kappa shape index (κ3) is 5.79. The fraction of sp³-hybridized carbons (Fsp3) is 0.920. The summed E-state index contributed by atoms with van der Waals surface area (Å²) in [6, 6.07) is 0. The third-order valence-electron chi connectivity index (χ3n) is 7.82. The van der Waals surface area contributed by atoms with E-state index in [4.69, 9.17) is 23.7 Å². The smallest absolute Gasteiger partial charge is 0.132 e. The lowest BCUT2D eigenvalue weighted by atomic mass is 9.81. The zero-order chi connectivity index (χ0) is 23.1. The Labute approximate surface area is 191 Å². The van der Waals surface area contributed by atoms with Gasteiger partial charge in [0.15, 0.2) is 0 Å². The number of hydrogen-bond acceptors (Lipinski definition) is 7. The quantitative estimate of drug-likeness (QED) is 0.372. The Bertz CT molecular complexity index is 721. The summed E-state index contributed by atoms with van der Waals surface area (Å²) in [5.74, 6) is 0.242. The number of carbonyl (C=O) groups excluding carboxylic acids is 2. The molecule has 0 aromatic carbocycles. The van der Waals surface area contributed by atoms with E-state index in [0.717, 1.165) is 38.5 Å². The monoisotopic (exact) mass is 452 g/mol. The van der Waals surface area contributed by atoms with Crippen molar-refractivity contribution in [3.63, 3.8) is 0 Å². The van der Waals surface area contributed by atoms with E-state index in [-0.39, 0.29) is 52.8 Å². The summed E-state index contributed by atoms with van der Waals surface area (Å²) in [7, 11) is 0. The molecule has 7 heteroatoms. The zero-order valence-corrected chi connectivity index (χ0v) is 20.3. The van der Waals surface area contributed by atoms with Gasteiger partial charge in [-0.15, -0.1) is 0 Å². The number of carbonyl (C=O) groups is 2. The maximum atomic E-state index is 11.3. The Morgan fingerprint density at radius 3 is 2.03 bits per heavy atom. The molecule has 0 amide bonds. The number of epoxide rings is 3. The van der Waals surface area contributed by atoms with Crippen molar-refractivity contribution in [1.82, 2.24) is 0 Å². The molecule has 0 spiro atoms. The Hall–Kier alpha value is -0.860. The highest BCUT2D eigenvalue weighted by atomic mass is 16.6. The van der Waals surface area contributed by atoms with Crippen LogP contribution >= 0.6 is 0 Å². The SMILES string of the molecule is CC(=O)CCOC1CC2OC2(CCC2OC2(C)CCC2OC2(C)C)CC1OCCC(C)=O. The summed E-state index contributed by atoms with van der Waals surface area (Å²) in [6.07, 6.45) is 7.02. The molecule has 0 radical (unpaired) electrons. The van der Waals surface area contributed by atoms with E-state index in [1.807, 2.05) is 0 Å². The molecule has 3 saturated heterocycles. The molecule has 7 atom stereocenters. The number of hydrogen-bond donors (Lipinski definition) is 0. The van der Waals surface area contributed by atoms with Crippen LogP contribution in [0.15, 0.2) is 0 Å². The van der Waals surface area contributed by atoms with Gasteiger partial charge in [-0.2, -0.15) is 0 Å². The minimum Gasteiger partial charge on any atom is -0.375 e. The lowest BCUT2D eigenvalue weighted by Crippen LogP contribution is -2.43. The number of Topliss-reactive ketones (excluding diaryl/α,β-unsaturated/α-hetero) is 2. The van der Waals surface area contributed by atoms with Gasteiger partial charge in [-0.05, 0) is 60.3 Å². The average molecular weight is 453 g/mol. The molecule has 0 aromatic heterocycles. The van der Waals surface area contributed by atoms with Crippen LogP contribution in [0.25, 0.3) is 0 Å². The van der Waals surface area contributed by atoms with Crippen molar-refractivity contribution in [2.45, 2.75) is 133 Å². The van der Waals surface area contributed by atoms with E-state index >= 15 is 0 Å². The first-order valence-corrected chi connectivity index (χ1v) is 12.3. The van der Waals surface area contributed by atoms with Gasteiger partial charge in [0, 0.05) is 25.7 Å². The second-order valence-corrected chi connectivity index (χ2v) is 11.0. The van der Waals surface area contributed by atoms with Crippen LogP contribution in [0.5, 0.6) is 0 Å². The first-order chi connectivity index (χ1) is 15.0. The topological polar surface area (TPSA) is 90.2 Å². The summed E-state index contributed by atoms with van der Waals surface area (Å²) in [5.41, 5.74) is -0.152. The third-order valence-corrected chi connectivity index (χ3v) is 7.82. The van der Waals surface area contributed by atoms with Gasteiger partial charge in [-0.25, -0.2) is 0 Å². The molecule has 7 unspecified atom stereocenters. The van der Waals surface area contributed by atoms with Crippen molar-refractivity contribution in [2.24, 2.45) is 0 Å². The summed E-state index contributed by atoms with van der Waals surface area (Å²) in [5, 5.41) is 0. The number of ketones is 2. The molecule has 0 bridgehead atoms. The maximum absolute atomic E-state index is 11.3. The predicted molar refractivity (Wildman–Crippen MR) is 118 cm³/mol. The van der Waals surface area contributed by atoms with E-state index in [2.05, 4.69) is 20.8 Å². The van der Waals surface area contributed by atoms with Crippen LogP contribution in [0.1, 0.15) is 86.0 Å². The molecule has 4 aliphatic rings. The molecule has 4 fully saturated rings. The minimum absolute atomic E-state index is 0.0343. The lowest BCUT2D eigenvalue weighted by Gasteiger charge is -2.33. The van der Waals surface area contributed by atoms with Gasteiger partial charge >= 0.3 is 0 Å². The van der Waals surface area contributed by atoms with Crippen molar-refractivity contribution < 1.29 is 33.3 Å². The maximum Gasteiger partial charge on any atom is 0.132 e. The zero-order valence-electron chi connectivity index (χ0n) is 20.3.